The number of carbonyl (C=O) groups excluding carboxylic acids is 6. The Labute approximate surface area is 535 Å². The fourth-order valence-corrected chi connectivity index (χ4v) is 12.2. The lowest BCUT2D eigenvalue weighted by molar-refractivity contribution is -0.140. The Morgan fingerprint density at radius 2 is 1.22 bits per heavy atom. The molecule has 1 fully saturated rings. The van der Waals surface area contributed by atoms with Crippen LogP contribution in [0.4, 0.5) is 5.95 Å². The van der Waals surface area contributed by atoms with Crippen molar-refractivity contribution in [3.63, 3.8) is 0 Å². The smallest absolute Gasteiger partial charge is 0.317 e. The number of anilines is 1. The van der Waals surface area contributed by atoms with Crippen LogP contribution in [0.2, 0.25) is 0 Å². The molecule has 30 nitrogen and oxygen atoms in total. The molecule has 11 N–H and O–H groups in total. The van der Waals surface area contributed by atoms with Crippen LogP contribution in [0.1, 0.15) is 91.4 Å². The summed E-state index contributed by atoms with van der Waals surface area (Å²) in [5, 5.41) is 45.7. The number of ether oxygens (including phenoxy) is 1. The third-order valence-corrected chi connectivity index (χ3v) is 16.9. The number of hydrogen-bond donors (Lipinski definition) is 11. The third kappa shape index (κ3) is 25.8. The van der Waals surface area contributed by atoms with E-state index < -0.39 is 69.6 Å². The number of ketones is 1. The van der Waals surface area contributed by atoms with Crippen LogP contribution in [-0.4, -0.2) is 241 Å². The van der Waals surface area contributed by atoms with Crippen LogP contribution in [0.5, 0.6) is 0 Å². The Balaban J connectivity index is 1.03. The molecule has 3 heterocycles. The minimum Gasteiger partial charge on any atom is -0.480 e. The summed E-state index contributed by atoms with van der Waals surface area (Å²) in [5.74, 6) is -5.57. The topological polar surface area (TPSA) is 406 Å². The summed E-state index contributed by atoms with van der Waals surface area (Å²) in [4.78, 5) is 141. The van der Waals surface area contributed by atoms with E-state index in [0.29, 0.717) is 81.0 Å². The first kappa shape index (κ1) is 74.5. The first-order chi connectivity index (χ1) is 43.8. The van der Waals surface area contributed by atoms with Gasteiger partial charge in [0.25, 0.3) is 5.91 Å². The van der Waals surface area contributed by atoms with Gasteiger partial charge in [0, 0.05) is 142 Å². The number of benzene rings is 2. The fourth-order valence-electron chi connectivity index (χ4n) is 10.5. The molecule has 0 unspecified atom stereocenters. The molecule has 1 aliphatic heterocycles. The molecular weight excluding hydrogens is 1220 g/mol. The van der Waals surface area contributed by atoms with E-state index in [-0.39, 0.29) is 145 Å². The summed E-state index contributed by atoms with van der Waals surface area (Å²) in [6, 6.07) is 6.39. The van der Waals surface area contributed by atoms with Crippen molar-refractivity contribution in [1.82, 2.24) is 65.4 Å². The molecule has 0 radical (unpaired) electrons. The number of carboxylic acids is 3. The fraction of sp³-hybridized carbons (Fsp3) is 0.557. The monoisotopic (exact) mass is 1310 g/mol. The quantitative estimate of drug-likeness (QED) is 0.0265. The number of carboxylic acid groups (broad SMARTS) is 3. The molecule has 2 atom stereocenters. The van der Waals surface area contributed by atoms with Crippen LogP contribution in [-0.2, 0) is 66.2 Å². The Morgan fingerprint density at radius 1 is 0.685 bits per heavy atom. The molecular formula is C61H90N14O16S. The van der Waals surface area contributed by atoms with Gasteiger partial charge in [-0.05, 0) is 82.2 Å². The van der Waals surface area contributed by atoms with Gasteiger partial charge in [0.1, 0.15) is 17.4 Å². The lowest BCUT2D eigenvalue weighted by atomic mass is 10.1. The van der Waals surface area contributed by atoms with Crippen LogP contribution >= 0.6 is 0 Å². The molecule has 4 aromatic rings. The number of fused-ring (bicyclic) bond motifs is 1. The number of amides is 5. The average Bonchev–Trinajstić information content (AvgIpc) is 0.891. The van der Waals surface area contributed by atoms with Crippen LogP contribution in [0.3, 0.4) is 0 Å². The van der Waals surface area contributed by atoms with Gasteiger partial charge in [-0.3, -0.25) is 67.5 Å². The van der Waals surface area contributed by atoms with Crippen LogP contribution in [0, 0.1) is 20.8 Å². The highest BCUT2D eigenvalue weighted by Crippen LogP contribution is 2.22. The molecule has 5 amide bonds. The number of sulfonamides is 1. The Morgan fingerprint density at radius 3 is 1.73 bits per heavy atom. The van der Waals surface area contributed by atoms with Gasteiger partial charge in [0.2, 0.25) is 39.1 Å². The van der Waals surface area contributed by atoms with E-state index in [2.05, 4.69) is 46.6 Å². The second-order valence-electron chi connectivity index (χ2n) is 22.8. The number of aliphatic carboxylic acids is 3. The van der Waals surface area contributed by atoms with Gasteiger partial charge in [-0.2, -0.15) is 4.72 Å². The minimum atomic E-state index is -4.21. The maximum absolute atomic E-state index is 13.9. The van der Waals surface area contributed by atoms with Crippen molar-refractivity contribution in [2.75, 3.05) is 123 Å². The summed E-state index contributed by atoms with van der Waals surface area (Å²) in [7, 11) is -4.21. The second-order valence-corrected chi connectivity index (χ2v) is 24.4. The van der Waals surface area contributed by atoms with E-state index in [0.717, 1.165) is 11.1 Å². The minimum absolute atomic E-state index is 0.0281. The third-order valence-electron chi connectivity index (χ3n) is 15.1. The molecule has 0 spiro atoms. The number of nitrogens with one attached hydrogen (secondary N) is 8. The number of pyridine rings is 1. The molecule has 2 aromatic carbocycles. The molecule has 0 saturated carbocycles. The Hall–Kier alpha value is -8.20. The molecule has 506 valence electrons. The van der Waals surface area contributed by atoms with E-state index in [9.17, 15) is 71.7 Å². The summed E-state index contributed by atoms with van der Waals surface area (Å²) in [6.45, 7) is 10.6. The maximum Gasteiger partial charge on any atom is 0.317 e. The zero-order chi connectivity index (χ0) is 67.3. The van der Waals surface area contributed by atoms with Crippen molar-refractivity contribution in [3.8, 4) is 0 Å². The normalized spacial score (nSPS) is 14.7. The number of H-pyrrole nitrogens is 1. The number of carbonyl (C=O) groups is 9. The molecule has 31 heteroatoms. The second kappa shape index (κ2) is 38.0. The van der Waals surface area contributed by atoms with Crippen molar-refractivity contribution in [3.05, 3.63) is 87.0 Å². The van der Waals surface area contributed by atoms with Crippen molar-refractivity contribution < 1.29 is 71.6 Å². The first-order valence-electron chi connectivity index (χ1n) is 30.8. The van der Waals surface area contributed by atoms with Crippen molar-refractivity contribution in [1.29, 1.82) is 0 Å². The molecule has 5 rings (SSSR count). The summed E-state index contributed by atoms with van der Waals surface area (Å²) in [5.41, 5.74) is 2.30. The van der Waals surface area contributed by atoms with Crippen LogP contribution < -0.4 is 42.1 Å². The lowest BCUT2D eigenvalue weighted by Gasteiger charge is -2.33. The van der Waals surface area contributed by atoms with Gasteiger partial charge in [-0.1, -0.05) is 37.1 Å². The predicted octanol–water partition coefficient (Wildman–Crippen LogP) is 0.00386. The molecule has 92 heavy (non-hydrogen) atoms. The molecule has 1 aliphatic rings. The highest BCUT2D eigenvalue weighted by atomic mass is 32.2. The number of Topliss-reactive ketones (excluding diaryl/α,β-unsaturated/α-hetero) is 1. The van der Waals surface area contributed by atoms with Gasteiger partial charge in [0.15, 0.2) is 5.95 Å². The van der Waals surface area contributed by atoms with Gasteiger partial charge >= 0.3 is 17.9 Å². The zero-order valence-corrected chi connectivity index (χ0v) is 53.9. The average molecular weight is 1310 g/mol. The number of aromatic amines is 1. The van der Waals surface area contributed by atoms with E-state index in [1.54, 1.807) is 80.7 Å². The van der Waals surface area contributed by atoms with Gasteiger partial charge in [0.05, 0.1) is 42.6 Å². The number of hydrogen-bond acceptors (Lipinski definition) is 19. The van der Waals surface area contributed by atoms with Gasteiger partial charge < -0.3 is 61.5 Å². The zero-order valence-electron chi connectivity index (χ0n) is 53.1. The van der Waals surface area contributed by atoms with E-state index in [1.165, 1.54) is 13.1 Å². The predicted molar refractivity (Wildman–Crippen MR) is 340 cm³/mol. The van der Waals surface area contributed by atoms with Crippen molar-refractivity contribution in [2.24, 2.45) is 0 Å². The Kier molecular flexibility index (Phi) is 30.8. The van der Waals surface area contributed by atoms with E-state index in [1.807, 2.05) is 13.8 Å². The summed E-state index contributed by atoms with van der Waals surface area (Å²) >= 11 is 0. The molecule has 2 aromatic heterocycles. The SMILES string of the molecule is CCC[C@H](NC(=O)CN1CCN(CC(=O)O)CCN(CC(=O)O)CCN(CC(=O)O)CC1)C(=O)NCCCOCCCNC(=O)CCC(=O)NCCCn1cc(C(=O)NC[C@H](NS(=O)(=O)c2c(C)cc(C)cc2C)C(C)=O)c(=O)c2ccc(CNc3ncc[nH]3)cc21. The molecule has 1 saturated heterocycles. The summed E-state index contributed by atoms with van der Waals surface area (Å²) in [6.07, 6.45) is 6.73. The largest absolute Gasteiger partial charge is 0.480 e. The number of rotatable bonds is 37. The van der Waals surface area contributed by atoms with E-state index >= 15 is 0 Å². The lowest BCUT2D eigenvalue weighted by Crippen LogP contribution is -2.52. The van der Waals surface area contributed by atoms with Crippen LogP contribution in [0.15, 0.2) is 58.6 Å². The van der Waals surface area contributed by atoms with E-state index in [4.69, 9.17) is 4.74 Å². The maximum atomic E-state index is 13.9. The number of aromatic nitrogens is 3. The number of aryl methyl sites for hydroxylation is 4. The highest BCUT2D eigenvalue weighted by molar-refractivity contribution is 7.89. The first-order valence-corrected chi connectivity index (χ1v) is 32.3. The van der Waals surface area contributed by atoms with Crippen molar-refractivity contribution >= 4 is 80.1 Å². The standard InChI is InChI=1S/C61H90N14O16S/c1-6-10-48(69-53(79)37-71-21-23-72(38-54(80)81)25-27-74(40-56(84)85)28-26-73(24-22-71)39-55(82)83)60(88)64-17-9-30-91-29-8-16-63-52(78)14-13-51(77)62-15-7-20-75-36-47(57(86)46-12-11-45(33-50(46)75)34-68-61-65-18-19-66-61)59(87)67-35-49(44(5)76)70-92(89,90)58-42(3)31-41(2)32-43(58)4/h11-12,18-19,31-33,36,48-49,70H,6-10,13-17,20-30,34-35,37-40H2,1-5H3,(H,62,77)(H,63,78)(H,64,88)(H,67,87)(H,69,79)(H,80,81)(H,82,83)(H,84,85)(H2,65,66,68)/t48-,49-/m0/s1. The van der Waals surface area contributed by atoms with Gasteiger partial charge in [-0.15, -0.1) is 0 Å². The van der Waals surface area contributed by atoms with Gasteiger partial charge in [-0.25, -0.2) is 13.4 Å². The molecule has 0 aliphatic carbocycles. The highest BCUT2D eigenvalue weighted by Gasteiger charge is 2.29. The molecule has 0 bridgehead atoms. The van der Waals surface area contributed by atoms with Crippen molar-refractivity contribution in [2.45, 2.75) is 110 Å². The van der Waals surface area contributed by atoms with Crippen LogP contribution in [0.25, 0.3) is 10.9 Å². The summed E-state index contributed by atoms with van der Waals surface area (Å²) < 4.78 is 36.9. The Bertz CT molecular complexity index is 3290. The number of imidazole rings is 1. The number of nitrogens with zero attached hydrogens (tertiary/aromatic N) is 6.